The minimum absolute atomic E-state index is 0.194. The van der Waals surface area contributed by atoms with Crippen molar-refractivity contribution in [3.05, 3.63) is 35.4 Å². The highest BCUT2D eigenvalue weighted by atomic mass is 19.4. The number of alkyl halides is 3. The molecule has 0 saturated carbocycles. The van der Waals surface area contributed by atoms with Crippen molar-refractivity contribution in [2.24, 2.45) is 0 Å². The Balaban J connectivity index is 2.92. The number of ether oxygens (including phenoxy) is 2. The van der Waals surface area contributed by atoms with E-state index >= 15 is 0 Å². The Morgan fingerprint density at radius 1 is 1.19 bits per heavy atom. The summed E-state index contributed by atoms with van der Waals surface area (Å²) < 4.78 is 48.8. The van der Waals surface area contributed by atoms with E-state index in [1.165, 1.54) is 12.1 Å². The lowest BCUT2D eigenvalue weighted by molar-refractivity contribution is -0.140. The third kappa shape index (κ3) is 5.37. The molecule has 3 nitrogen and oxygen atoms in total. The summed E-state index contributed by atoms with van der Waals surface area (Å²) in [7, 11) is 0. The van der Waals surface area contributed by atoms with E-state index in [2.05, 4.69) is 0 Å². The fourth-order valence-corrected chi connectivity index (χ4v) is 1.94. The third-order valence-corrected chi connectivity index (χ3v) is 2.91. The van der Waals surface area contributed by atoms with Crippen LogP contribution in [0.25, 0.3) is 0 Å². The van der Waals surface area contributed by atoms with E-state index < -0.39 is 23.9 Å². The first-order chi connectivity index (χ1) is 9.92. The SMILES string of the molecule is CCOC(CC(C#N)c1cccc(C(F)(F)F)c1)OCC. The number of hydrogen-bond acceptors (Lipinski definition) is 3. The molecule has 0 aliphatic carbocycles. The predicted molar refractivity (Wildman–Crippen MR) is 71.5 cm³/mol. The maximum absolute atomic E-state index is 12.7. The van der Waals surface area contributed by atoms with Crippen molar-refractivity contribution in [1.82, 2.24) is 0 Å². The molecule has 0 fully saturated rings. The van der Waals surface area contributed by atoms with Gasteiger partial charge in [0.1, 0.15) is 0 Å². The first kappa shape index (κ1) is 17.5. The van der Waals surface area contributed by atoms with Gasteiger partial charge in [0.2, 0.25) is 0 Å². The molecule has 0 amide bonds. The van der Waals surface area contributed by atoms with Crippen molar-refractivity contribution in [3.63, 3.8) is 0 Å². The Morgan fingerprint density at radius 2 is 1.81 bits per heavy atom. The normalized spacial score (nSPS) is 13.2. The molecule has 21 heavy (non-hydrogen) atoms. The first-order valence-electron chi connectivity index (χ1n) is 6.72. The molecule has 116 valence electrons. The second-order valence-electron chi connectivity index (χ2n) is 4.38. The molecular weight excluding hydrogens is 283 g/mol. The molecule has 0 aliphatic heterocycles. The molecule has 6 heteroatoms. The van der Waals surface area contributed by atoms with E-state index in [9.17, 15) is 18.4 Å². The highest BCUT2D eigenvalue weighted by Crippen LogP contribution is 2.32. The van der Waals surface area contributed by atoms with E-state index in [4.69, 9.17) is 9.47 Å². The van der Waals surface area contributed by atoms with Gasteiger partial charge in [0.05, 0.1) is 17.6 Å². The molecule has 0 radical (unpaired) electrons. The van der Waals surface area contributed by atoms with Gasteiger partial charge in [-0.3, -0.25) is 0 Å². The van der Waals surface area contributed by atoms with Crippen LogP contribution in [0, 0.1) is 11.3 Å². The van der Waals surface area contributed by atoms with Crippen LogP contribution in [0.2, 0.25) is 0 Å². The summed E-state index contributed by atoms with van der Waals surface area (Å²) in [4.78, 5) is 0. The quantitative estimate of drug-likeness (QED) is 0.712. The number of nitriles is 1. The highest BCUT2D eigenvalue weighted by molar-refractivity contribution is 5.31. The van der Waals surface area contributed by atoms with Crippen LogP contribution >= 0.6 is 0 Å². The molecule has 0 spiro atoms. The topological polar surface area (TPSA) is 42.2 Å². The molecule has 0 saturated heterocycles. The summed E-state index contributed by atoms with van der Waals surface area (Å²) in [5.74, 6) is -0.713. The van der Waals surface area contributed by atoms with E-state index in [1.54, 1.807) is 13.8 Å². The van der Waals surface area contributed by atoms with Crippen LogP contribution in [0.1, 0.15) is 37.3 Å². The van der Waals surface area contributed by atoms with E-state index in [0.29, 0.717) is 18.8 Å². The Morgan fingerprint density at radius 3 is 2.29 bits per heavy atom. The van der Waals surface area contributed by atoms with Crippen LogP contribution < -0.4 is 0 Å². The number of benzene rings is 1. The second kappa shape index (κ2) is 8.01. The van der Waals surface area contributed by atoms with Crippen molar-refractivity contribution in [1.29, 1.82) is 5.26 Å². The number of rotatable bonds is 7. The third-order valence-electron chi connectivity index (χ3n) is 2.91. The van der Waals surface area contributed by atoms with Gasteiger partial charge in [-0.05, 0) is 25.5 Å². The van der Waals surface area contributed by atoms with Crippen LogP contribution in [0.4, 0.5) is 13.2 Å². The lowest BCUT2D eigenvalue weighted by atomic mass is 9.95. The van der Waals surface area contributed by atoms with Gasteiger partial charge in [0.25, 0.3) is 0 Å². The zero-order chi connectivity index (χ0) is 15.9. The van der Waals surface area contributed by atoms with Gasteiger partial charge < -0.3 is 9.47 Å². The molecule has 1 aromatic carbocycles. The Bertz CT molecular complexity index is 477. The summed E-state index contributed by atoms with van der Waals surface area (Å²) in [6.45, 7) is 4.40. The van der Waals surface area contributed by atoms with Crippen LogP contribution in [-0.4, -0.2) is 19.5 Å². The summed E-state index contributed by atoms with van der Waals surface area (Å²) in [6, 6.07) is 6.82. The molecule has 0 heterocycles. The number of nitrogens with zero attached hydrogens (tertiary/aromatic N) is 1. The van der Waals surface area contributed by atoms with Crippen molar-refractivity contribution >= 4 is 0 Å². The summed E-state index contributed by atoms with van der Waals surface area (Å²) in [5, 5.41) is 9.22. The van der Waals surface area contributed by atoms with Gasteiger partial charge in [0.15, 0.2) is 6.29 Å². The summed E-state index contributed by atoms with van der Waals surface area (Å²) in [5.41, 5.74) is -0.443. The number of hydrogen-bond donors (Lipinski definition) is 0. The first-order valence-corrected chi connectivity index (χ1v) is 6.72. The largest absolute Gasteiger partial charge is 0.416 e. The average molecular weight is 301 g/mol. The molecule has 1 unspecified atom stereocenters. The van der Waals surface area contributed by atoms with Crippen LogP contribution in [0.3, 0.4) is 0 Å². The standard InChI is InChI=1S/C15H18F3NO2/c1-3-20-14(21-4-2)9-12(10-19)11-6-5-7-13(8-11)15(16,17)18/h5-8,12,14H,3-4,9H2,1-2H3. The van der Waals surface area contributed by atoms with Crippen LogP contribution in [0.15, 0.2) is 24.3 Å². The van der Waals surface area contributed by atoms with Gasteiger partial charge in [-0.2, -0.15) is 18.4 Å². The van der Waals surface area contributed by atoms with Gasteiger partial charge in [-0.15, -0.1) is 0 Å². The molecule has 0 N–H and O–H groups in total. The molecule has 1 aromatic rings. The average Bonchev–Trinajstić information content (AvgIpc) is 2.44. The highest BCUT2D eigenvalue weighted by Gasteiger charge is 2.31. The maximum atomic E-state index is 12.7. The zero-order valence-corrected chi connectivity index (χ0v) is 12.0. The fraction of sp³-hybridized carbons (Fsp3) is 0.533. The summed E-state index contributed by atoms with van der Waals surface area (Å²) in [6.07, 6.45) is -4.83. The summed E-state index contributed by atoms with van der Waals surface area (Å²) >= 11 is 0. The molecule has 0 bridgehead atoms. The van der Waals surface area contributed by atoms with Crippen molar-refractivity contribution in [2.45, 2.75) is 38.7 Å². The van der Waals surface area contributed by atoms with Gasteiger partial charge in [-0.25, -0.2) is 0 Å². The Hall–Kier alpha value is -1.58. The van der Waals surface area contributed by atoms with Crippen molar-refractivity contribution in [2.75, 3.05) is 13.2 Å². The Labute approximate surface area is 122 Å². The monoisotopic (exact) mass is 301 g/mol. The van der Waals surface area contributed by atoms with E-state index in [-0.39, 0.29) is 6.42 Å². The minimum Gasteiger partial charge on any atom is -0.353 e. The zero-order valence-electron chi connectivity index (χ0n) is 12.0. The predicted octanol–water partition coefficient (Wildman–Crippen LogP) is 4.10. The van der Waals surface area contributed by atoms with Crippen LogP contribution in [0.5, 0.6) is 0 Å². The smallest absolute Gasteiger partial charge is 0.353 e. The number of halogens is 3. The van der Waals surface area contributed by atoms with Gasteiger partial charge in [0, 0.05) is 19.6 Å². The van der Waals surface area contributed by atoms with Gasteiger partial charge >= 0.3 is 6.18 Å². The maximum Gasteiger partial charge on any atom is 0.416 e. The molecular formula is C15H18F3NO2. The fourth-order valence-electron chi connectivity index (χ4n) is 1.94. The minimum atomic E-state index is -4.42. The molecule has 1 rings (SSSR count). The lowest BCUT2D eigenvalue weighted by Gasteiger charge is -2.20. The van der Waals surface area contributed by atoms with E-state index in [1.807, 2.05) is 6.07 Å². The molecule has 0 aromatic heterocycles. The molecule has 1 atom stereocenters. The molecule has 0 aliphatic rings. The van der Waals surface area contributed by atoms with Crippen LogP contribution in [-0.2, 0) is 15.7 Å². The van der Waals surface area contributed by atoms with Crippen molar-refractivity contribution < 1.29 is 22.6 Å². The van der Waals surface area contributed by atoms with Gasteiger partial charge in [-0.1, -0.05) is 18.2 Å². The second-order valence-corrected chi connectivity index (χ2v) is 4.38. The van der Waals surface area contributed by atoms with Crippen molar-refractivity contribution in [3.8, 4) is 6.07 Å². The Kier molecular flexibility index (Phi) is 6.66. The lowest BCUT2D eigenvalue weighted by Crippen LogP contribution is -2.20. The van der Waals surface area contributed by atoms with E-state index in [0.717, 1.165) is 12.1 Å².